The maximum absolute atomic E-state index is 14.3. The Kier molecular flexibility index (Phi) is 5.71. The number of hydrogen-bond acceptors (Lipinski definition) is 6. The molecule has 2 aromatic heterocycles. The minimum atomic E-state index is -0.784. The number of piperidine rings is 1. The van der Waals surface area contributed by atoms with Gasteiger partial charge in [-0.25, -0.2) is 4.39 Å². The maximum Gasteiger partial charge on any atom is 0.252 e. The largest absolute Gasteiger partial charge is 0.324 e. The Balaban J connectivity index is 0.00000225. The zero-order valence-electron chi connectivity index (χ0n) is 15.2. The van der Waals surface area contributed by atoms with Gasteiger partial charge < -0.3 is 10.6 Å². The third-order valence-corrected chi connectivity index (χ3v) is 4.85. The average Bonchev–Trinajstić information content (AvgIpc) is 3.36. The number of amides is 1. The van der Waals surface area contributed by atoms with Crippen molar-refractivity contribution >= 4 is 24.0 Å². The molecule has 0 spiro atoms. The molecule has 28 heavy (non-hydrogen) atoms. The molecule has 0 unspecified atom stereocenters. The molecule has 2 N–H and O–H groups in total. The van der Waals surface area contributed by atoms with Crippen LogP contribution in [0.4, 0.5) is 10.1 Å². The summed E-state index contributed by atoms with van der Waals surface area (Å²) < 4.78 is 17.3. The Morgan fingerprint density at radius 3 is 2.75 bits per heavy atom. The first-order chi connectivity index (χ1) is 13.1. The first-order valence-electron chi connectivity index (χ1n) is 8.67. The molecule has 1 fully saturated rings. The molecule has 1 amide bonds. The molecule has 11 heteroatoms. The molecule has 1 aromatic carbocycles. The summed E-state index contributed by atoms with van der Waals surface area (Å²) >= 11 is 0. The molecule has 3 aromatic rings. The highest BCUT2D eigenvalue weighted by atomic mass is 35.5. The first kappa shape index (κ1) is 19.9. The minimum Gasteiger partial charge on any atom is -0.324 e. The summed E-state index contributed by atoms with van der Waals surface area (Å²) in [5.74, 6) is -0.213. The molecule has 0 atom stereocenters. The van der Waals surface area contributed by atoms with Gasteiger partial charge in [0.05, 0.1) is 0 Å². The molecule has 1 aliphatic heterocycles. The quantitative estimate of drug-likeness (QED) is 0.679. The first-order valence-corrected chi connectivity index (χ1v) is 8.67. The molecule has 0 aliphatic carbocycles. The Morgan fingerprint density at radius 1 is 1.32 bits per heavy atom. The predicted octanol–water partition coefficient (Wildman–Crippen LogP) is 1.45. The van der Waals surface area contributed by atoms with Crippen LogP contribution in [0.1, 0.15) is 18.7 Å². The number of hydrogen-bond donors (Lipinski definition) is 2. The molecule has 9 nitrogen and oxygen atoms in total. The summed E-state index contributed by atoms with van der Waals surface area (Å²) in [6.45, 7) is 3.10. The van der Waals surface area contributed by atoms with Gasteiger partial charge in [0.15, 0.2) is 5.82 Å². The van der Waals surface area contributed by atoms with E-state index in [4.69, 9.17) is 0 Å². The third-order valence-electron chi connectivity index (χ3n) is 4.85. The van der Waals surface area contributed by atoms with Gasteiger partial charge in [-0.1, -0.05) is 0 Å². The summed E-state index contributed by atoms with van der Waals surface area (Å²) in [5, 5.41) is 21.6. The van der Waals surface area contributed by atoms with E-state index in [1.165, 1.54) is 22.9 Å². The van der Waals surface area contributed by atoms with E-state index in [-0.39, 0.29) is 24.0 Å². The highest BCUT2D eigenvalue weighted by Crippen LogP contribution is 2.29. The Labute approximate surface area is 166 Å². The standard InChI is InChI=1S/C17H19FN8O.ClH/c1-12-22-23-24-26(12)15-11-13(3-4-14(15)18)21-16(27)17(5-8-19-9-6-17)25-10-2-7-20-25;/h2-4,7,10-11,19H,5-6,8-9H2,1H3,(H,21,27);1H. The van der Waals surface area contributed by atoms with Gasteiger partial charge in [-0.05, 0) is 67.5 Å². The van der Waals surface area contributed by atoms with E-state index >= 15 is 0 Å². The van der Waals surface area contributed by atoms with E-state index in [0.29, 0.717) is 37.4 Å². The van der Waals surface area contributed by atoms with Crippen LogP contribution in [0.15, 0.2) is 36.7 Å². The Morgan fingerprint density at radius 2 is 2.11 bits per heavy atom. The van der Waals surface area contributed by atoms with Crippen molar-refractivity contribution < 1.29 is 9.18 Å². The Bertz CT molecular complexity index is 952. The highest BCUT2D eigenvalue weighted by Gasteiger charge is 2.42. The fourth-order valence-electron chi connectivity index (χ4n) is 3.38. The molecule has 1 aliphatic rings. The number of tetrazole rings is 1. The summed E-state index contributed by atoms with van der Waals surface area (Å²) in [6.07, 6.45) is 4.68. The second-order valence-electron chi connectivity index (χ2n) is 6.49. The van der Waals surface area contributed by atoms with Gasteiger partial charge in [-0.3, -0.25) is 9.48 Å². The lowest BCUT2D eigenvalue weighted by Gasteiger charge is -2.36. The molecule has 148 valence electrons. The van der Waals surface area contributed by atoms with E-state index in [0.717, 1.165) is 0 Å². The molecule has 0 saturated carbocycles. The number of aromatic nitrogens is 6. The van der Waals surface area contributed by atoms with E-state index < -0.39 is 11.4 Å². The molecule has 1 saturated heterocycles. The van der Waals surface area contributed by atoms with E-state index in [1.807, 2.05) is 0 Å². The summed E-state index contributed by atoms with van der Waals surface area (Å²) in [4.78, 5) is 13.2. The van der Waals surface area contributed by atoms with Crippen LogP contribution in [-0.4, -0.2) is 49.0 Å². The zero-order valence-corrected chi connectivity index (χ0v) is 16.0. The predicted molar refractivity (Wildman–Crippen MR) is 102 cm³/mol. The zero-order chi connectivity index (χ0) is 18.9. The van der Waals surface area contributed by atoms with Crippen LogP contribution < -0.4 is 10.6 Å². The van der Waals surface area contributed by atoms with Crippen molar-refractivity contribution in [2.75, 3.05) is 18.4 Å². The monoisotopic (exact) mass is 406 g/mol. The van der Waals surface area contributed by atoms with Crippen LogP contribution in [0.5, 0.6) is 0 Å². The second kappa shape index (κ2) is 8.03. The number of carbonyl (C=O) groups is 1. The lowest BCUT2D eigenvalue weighted by molar-refractivity contribution is -0.126. The second-order valence-corrected chi connectivity index (χ2v) is 6.49. The summed E-state index contributed by atoms with van der Waals surface area (Å²) in [5.41, 5.74) is -0.140. The number of carbonyl (C=O) groups excluding carboxylic acids is 1. The molecule has 0 radical (unpaired) electrons. The van der Waals surface area contributed by atoms with Crippen molar-refractivity contribution in [3.8, 4) is 5.69 Å². The van der Waals surface area contributed by atoms with Gasteiger partial charge in [0.1, 0.15) is 17.0 Å². The van der Waals surface area contributed by atoms with Gasteiger partial charge in [0, 0.05) is 18.1 Å². The summed E-state index contributed by atoms with van der Waals surface area (Å²) in [6, 6.07) is 6.13. The number of nitrogens with zero attached hydrogens (tertiary/aromatic N) is 6. The van der Waals surface area contributed by atoms with Crippen LogP contribution in [0, 0.1) is 12.7 Å². The van der Waals surface area contributed by atoms with Gasteiger partial charge in [0.25, 0.3) is 5.91 Å². The highest BCUT2D eigenvalue weighted by molar-refractivity contribution is 5.97. The van der Waals surface area contributed by atoms with E-state index in [9.17, 15) is 9.18 Å². The fourth-order valence-corrected chi connectivity index (χ4v) is 3.38. The van der Waals surface area contributed by atoms with Crippen LogP contribution in [-0.2, 0) is 10.3 Å². The van der Waals surface area contributed by atoms with Gasteiger partial charge in [-0.15, -0.1) is 17.5 Å². The lowest BCUT2D eigenvalue weighted by atomic mass is 9.87. The molecule has 0 bridgehead atoms. The van der Waals surface area contributed by atoms with Crippen molar-refractivity contribution in [2.45, 2.75) is 25.3 Å². The fraction of sp³-hybridized carbons (Fsp3) is 0.353. The van der Waals surface area contributed by atoms with Crippen LogP contribution >= 0.6 is 12.4 Å². The molecular formula is C17H20ClFN8O. The smallest absolute Gasteiger partial charge is 0.252 e. The van der Waals surface area contributed by atoms with E-state index in [1.54, 1.807) is 30.1 Å². The van der Waals surface area contributed by atoms with Gasteiger partial charge >= 0.3 is 0 Å². The van der Waals surface area contributed by atoms with Crippen LogP contribution in [0.2, 0.25) is 0 Å². The summed E-state index contributed by atoms with van der Waals surface area (Å²) in [7, 11) is 0. The SMILES string of the molecule is Cc1nnnn1-c1cc(NC(=O)C2(n3cccn3)CCNCC2)ccc1F.Cl. The topological polar surface area (TPSA) is 103 Å². The number of anilines is 1. The van der Waals surface area contributed by atoms with Crippen LogP contribution in [0.25, 0.3) is 5.69 Å². The van der Waals surface area contributed by atoms with Crippen molar-refractivity contribution in [2.24, 2.45) is 0 Å². The number of benzene rings is 1. The van der Waals surface area contributed by atoms with Crippen molar-refractivity contribution in [1.29, 1.82) is 0 Å². The van der Waals surface area contributed by atoms with Gasteiger partial charge in [0.2, 0.25) is 0 Å². The maximum atomic E-state index is 14.3. The van der Waals surface area contributed by atoms with Crippen LogP contribution in [0.3, 0.4) is 0 Å². The number of halogens is 2. The van der Waals surface area contributed by atoms with E-state index in [2.05, 4.69) is 31.3 Å². The normalized spacial score (nSPS) is 15.6. The van der Waals surface area contributed by atoms with Gasteiger partial charge in [-0.2, -0.15) is 9.78 Å². The number of aryl methyl sites for hydroxylation is 1. The number of nitrogens with one attached hydrogen (secondary N) is 2. The molecular weight excluding hydrogens is 387 g/mol. The lowest BCUT2D eigenvalue weighted by Crippen LogP contribution is -2.52. The molecule has 4 rings (SSSR count). The van der Waals surface area contributed by atoms with Crippen molar-refractivity contribution in [1.82, 2.24) is 35.3 Å². The average molecular weight is 407 g/mol. The van der Waals surface area contributed by atoms with Crippen molar-refractivity contribution in [3.63, 3.8) is 0 Å². The van der Waals surface area contributed by atoms with Crippen molar-refractivity contribution in [3.05, 3.63) is 48.3 Å². The Hall–Kier alpha value is -2.85. The number of rotatable bonds is 4. The third kappa shape index (κ3) is 3.48. The minimum absolute atomic E-state index is 0. The molecule has 3 heterocycles.